The molecule has 2 aliphatic rings. The second-order valence-corrected chi connectivity index (χ2v) is 3.65. The van der Waals surface area contributed by atoms with Crippen molar-refractivity contribution in [1.82, 2.24) is 5.32 Å². The monoisotopic (exact) mass is 141 g/mol. The van der Waals surface area contributed by atoms with Gasteiger partial charge in [-0.3, -0.25) is 0 Å². The molecule has 0 bridgehead atoms. The Morgan fingerprint density at radius 2 is 2.10 bits per heavy atom. The molecule has 2 fully saturated rings. The summed E-state index contributed by atoms with van der Waals surface area (Å²) in [6.07, 6.45) is 0. The molecule has 1 aliphatic carbocycles. The summed E-state index contributed by atoms with van der Waals surface area (Å²) >= 11 is 0. The van der Waals surface area contributed by atoms with Crippen LogP contribution in [-0.2, 0) is 4.74 Å². The van der Waals surface area contributed by atoms with E-state index in [1.165, 1.54) is 0 Å². The lowest BCUT2D eigenvalue weighted by Crippen LogP contribution is -2.31. The zero-order valence-electron chi connectivity index (χ0n) is 6.63. The first kappa shape index (κ1) is 6.62. The second kappa shape index (κ2) is 2.21. The van der Waals surface area contributed by atoms with Crippen LogP contribution in [0.25, 0.3) is 0 Å². The summed E-state index contributed by atoms with van der Waals surface area (Å²) < 4.78 is 5.47. The summed E-state index contributed by atoms with van der Waals surface area (Å²) in [6, 6.07) is 1.32. The van der Waals surface area contributed by atoms with Gasteiger partial charge in [0.25, 0.3) is 0 Å². The van der Waals surface area contributed by atoms with Crippen molar-refractivity contribution in [2.24, 2.45) is 11.8 Å². The molecule has 58 valence electrons. The van der Waals surface area contributed by atoms with Crippen LogP contribution < -0.4 is 5.32 Å². The molecule has 1 N–H and O–H groups in total. The lowest BCUT2D eigenvalue weighted by molar-refractivity contribution is 0.117. The smallest absolute Gasteiger partial charge is 0.0617 e. The molecule has 0 aromatic rings. The average Bonchev–Trinajstić information content (AvgIpc) is 2.52. The van der Waals surface area contributed by atoms with Gasteiger partial charge < -0.3 is 10.1 Å². The molecule has 10 heavy (non-hydrogen) atoms. The van der Waals surface area contributed by atoms with E-state index in [9.17, 15) is 0 Å². The Bertz CT molecular complexity index is 137. The van der Waals surface area contributed by atoms with Crippen molar-refractivity contribution in [1.29, 1.82) is 0 Å². The van der Waals surface area contributed by atoms with Crippen molar-refractivity contribution in [3.05, 3.63) is 0 Å². The molecule has 2 rings (SSSR count). The van der Waals surface area contributed by atoms with Gasteiger partial charge in [-0.15, -0.1) is 0 Å². The first-order valence-corrected chi connectivity index (χ1v) is 4.13. The topological polar surface area (TPSA) is 21.3 Å². The molecule has 2 heteroatoms. The van der Waals surface area contributed by atoms with Gasteiger partial charge in [-0.2, -0.15) is 0 Å². The van der Waals surface area contributed by atoms with Gasteiger partial charge in [-0.05, 0) is 12.8 Å². The lowest BCUT2D eigenvalue weighted by Gasteiger charge is -2.10. The molecule has 0 radical (unpaired) electrons. The highest BCUT2D eigenvalue weighted by Crippen LogP contribution is 2.40. The Hall–Kier alpha value is -0.0800. The SMILES string of the molecule is CC1COC[C@@H]2C(C)C2N1. The van der Waals surface area contributed by atoms with Crippen LogP contribution >= 0.6 is 0 Å². The molecule has 0 spiro atoms. The van der Waals surface area contributed by atoms with E-state index in [0.29, 0.717) is 6.04 Å². The van der Waals surface area contributed by atoms with Gasteiger partial charge in [0.15, 0.2) is 0 Å². The number of nitrogens with one attached hydrogen (secondary N) is 1. The highest BCUT2D eigenvalue weighted by atomic mass is 16.5. The minimum atomic E-state index is 0.556. The predicted molar refractivity (Wildman–Crippen MR) is 39.9 cm³/mol. The van der Waals surface area contributed by atoms with Gasteiger partial charge in [-0.25, -0.2) is 0 Å². The van der Waals surface area contributed by atoms with E-state index in [0.717, 1.165) is 31.1 Å². The minimum absolute atomic E-state index is 0.556. The lowest BCUT2D eigenvalue weighted by atomic mass is 10.3. The fourth-order valence-electron chi connectivity index (χ4n) is 1.83. The summed E-state index contributed by atoms with van der Waals surface area (Å²) in [5, 5.41) is 3.54. The zero-order chi connectivity index (χ0) is 7.14. The molecule has 3 unspecified atom stereocenters. The predicted octanol–water partition coefficient (Wildman–Crippen LogP) is 0.629. The van der Waals surface area contributed by atoms with Crippen LogP contribution in [0.4, 0.5) is 0 Å². The average molecular weight is 141 g/mol. The highest BCUT2D eigenvalue weighted by Gasteiger charge is 2.48. The minimum Gasteiger partial charge on any atom is -0.379 e. The Morgan fingerprint density at radius 3 is 2.90 bits per heavy atom. The van der Waals surface area contributed by atoms with Crippen molar-refractivity contribution in [2.75, 3.05) is 13.2 Å². The van der Waals surface area contributed by atoms with Crippen molar-refractivity contribution >= 4 is 0 Å². The van der Waals surface area contributed by atoms with Crippen molar-refractivity contribution in [3.8, 4) is 0 Å². The summed E-state index contributed by atoms with van der Waals surface area (Å²) in [6.45, 7) is 6.35. The fraction of sp³-hybridized carbons (Fsp3) is 1.00. The van der Waals surface area contributed by atoms with Crippen molar-refractivity contribution in [3.63, 3.8) is 0 Å². The Kier molecular flexibility index (Phi) is 1.46. The maximum atomic E-state index is 5.47. The number of hydrogen-bond donors (Lipinski definition) is 1. The van der Waals surface area contributed by atoms with Crippen LogP contribution in [0.2, 0.25) is 0 Å². The Morgan fingerprint density at radius 1 is 1.30 bits per heavy atom. The van der Waals surface area contributed by atoms with Crippen LogP contribution in [0.1, 0.15) is 13.8 Å². The number of ether oxygens (including phenoxy) is 1. The molecule has 0 aromatic carbocycles. The first-order valence-electron chi connectivity index (χ1n) is 4.13. The van der Waals surface area contributed by atoms with E-state index in [-0.39, 0.29) is 0 Å². The molecular weight excluding hydrogens is 126 g/mol. The van der Waals surface area contributed by atoms with E-state index in [1.54, 1.807) is 0 Å². The molecule has 1 saturated carbocycles. The molecular formula is C8H15NO. The second-order valence-electron chi connectivity index (χ2n) is 3.65. The first-order chi connectivity index (χ1) is 4.79. The number of hydrogen-bond acceptors (Lipinski definition) is 2. The molecule has 0 aromatic heterocycles. The molecule has 1 heterocycles. The third-order valence-corrected chi connectivity index (χ3v) is 2.72. The van der Waals surface area contributed by atoms with E-state index in [1.807, 2.05) is 0 Å². The van der Waals surface area contributed by atoms with Gasteiger partial charge in [0.1, 0.15) is 0 Å². The normalized spacial score (nSPS) is 53.4. The van der Waals surface area contributed by atoms with E-state index < -0.39 is 0 Å². The fourth-order valence-corrected chi connectivity index (χ4v) is 1.83. The Balaban J connectivity index is 1.95. The molecule has 1 aliphatic heterocycles. The summed E-state index contributed by atoms with van der Waals surface area (Å²) in [4.78, 5) is 0. The molecule has 4 atom stereocenters. The van der Waals surface area contributed by atoms with E-state index >= 15 is 0 Å². The zero-order valence-corrected chi connectivity index (χ0v) is 6.63. The van der Waals surface area contributed by atoms with Gasteiger partial charge in [0, 0.05) is 18.0 Å². The third-order valence-electron chi connectivity index (χ3n) is 2.72. The van der Waals surface area contributed by atoms with Gasteiger partial charge in [0.05, 0.1) is 13.2 Å². The Labute approximate surface area is 61.9 Å². The number of rotatable bonds is 0. The third kappa shape index (κ3) is 0.956. The summed E-state index contributed by atoms with van der Waals surface area (Å²) in [7, 11) is 0. The van der Waals surface area contributed by atoms with Gasteiger partial charge in [0.2, 0.25) is 0 Å². The van der Waals surface area contributed by atoms with Crippen molar-refractivity contribution in [2.45, 2.75) is 25.9 Å². The van der Waals surface area contributed by atoms with E-state index in [4.69, 9.17) is 4.74 Å². The van der Waals surface area contributed by atoms with Crippen LogP contribution in [-0.4, -0.2) is 25.3 Å². The largest absolute Gasteiger partial charge is 0.379 e. The molecule has 2 nitrogen and oxygen atoms in total. The van der Waals surface area contributed by atoms with Gasteiger partial charge >= 0.3 is 0 Å². The van der Waals surface area contributed by atoms with Crippen molar-refractivity contribution < 1.29 is 4.74 Å². The van der Waals surface area contributed by atoms with Crippen LogP contribution in [0.5, 0.6) is 0 Å². The maximum absolute atomic E-state index is 5.47. The highest BCUT2D eigenvalue weighted by molar-refractivity contribution is 5.02. The van der Waals surface area contributed by atoms with Crippen LogP contribution in [0.15, 0.2) is 0 Å². The van der Waals surface area contributed by atoms with Gasteiger partial charge in [-0.1, -0.05) is 6.92 Å². The summed E-state index contributed by atoms with van der Waals surface area (Å²) in [5.74, 6) is 1.66. The molecule has 1 saturated heterocycles. The maximum Gasteiger partial charge on any atom is 0.0617 e. The van der Waals surface area contributed by atoms with Crippen LogP contribution in [0, 0.1) is 11.8 Å². The quantitative estimate of drug-likeness (QED) is 0.534. The number of fused-ring (bicyclic) bond motifs is 1. The standard InChI is InChI=1S/C8H15NO/c1-5-3-10-4-7-6(2)8(7)9-5/h5-9H,3-4H2,1-2H3/t5?,6?,7-,8?/m1/s1. The van der Waals surface area contributed by atoms with E-state index in [2.05, 4.69) is 19.2 Å². The molecule has 0 amide bonds. The van der Waals surface area contributed by atoms with Crippen LogP contribution in [0.3, 0.4) is 0 Å². The summed E-state index contributed by atoms with van der Waals surface area (Å²) in [5.41, 5.74) is 0.